The van der Waals surface area contributed by atoms with Gasteiger partial charge in [-0.1, -0.05) is 0 Å². The average Bonchev–Trinajstić information content (AvgIpc) is 2.41. The monoisotopic (exact) mass is 255 g/mol. The number of benzene rings is 1. The van der Waals surface area contributed by atoms with Crippen molar-refractivity contribution in [3.8, 4) is 0 Å². The zero-order chi connectivity index (χ0) is 13.8. The number of nitrogens with zero attached hydrogens (tertiary/aromatic N) is 1. The van der Waals surface area contributed by atoms with Crippen molar-refractivity contribution in [3.05, 3.63) is 53.3 Å². The molecule has 0 aliphatic rings. The minimum absolute atomic E-state index is 0.115. The molecule has 0 fully saturated rings. The van der Waals surface area contributed by atoms with E-state index >= 15 is 0 Å². The summed E-state index contributed by atoms with van der Waals surface area (Å²) in [6.45, 7) is 3.79. The molecule has 0 spiro atoms. The fourth-order valence-corrected chi connectivity index (χ4v) is 1.88. The van der Waals surface area contributed by atoms with Crippen LogP contribution in [0.2, 0.25) is 0 Å². The molecule has 4 heteroatoms. The van der Waals surface area contributed by atoms with E-state index in [2.05, 4.69) is 15.6 Å². The number of hydrogen-bond acceptors (Lipinski definition) is 3. The lowest BCUT2D eigenvalue weighted by Crippen LogP contribution is -2.14. The van der Waals surface area contributed by atoms with Gasteiger partial charge in [-0.3, -0.25) is 9.78 Å². The van der Waals surface area contributed by atoms with Crippen molar-refractivity contribution in [1.29, 1.82) is 0 Å². The number of aromatic nitrogens is 1. The molecule has 0 aliphatic heterocycles. The Morgan fingerprint density at radius 2 is 2.00 bits per heavy atom. The van der Waals surface area contributed by atoms with Crippen LogP contribution in [-0.4, -0.2) is 17.9 Å². The third kappa shape index (κ3) is 2.91. The predicted molar refractivity (Wildman–Crippen MR) is 77.7 cm³/mol. The molecule has 1 aromatic carbocycles. The highest BCUT2D eigenvalue weighted by Crippen LogP contribution is 2.17. The maximum absolute atomic E-state index is 12.2. The largest absolute Gasteiger partial charge is 0.388 e. The van der Waals surface area contributed by atoms with Gasteiger partial charge in [0.15, 0.2) is 0 Å². The van der Waals surface area contributed by atoms with Crippen LogP contribution in [0.1, 0.15) is 21.6 Å². The fraction of sp³-hybridized carbons (Fsp3) is 0.200. The number of carbonyl (C=O) groups excluding carboxylic acids is 1. The molecule has 2 rings (SSSR count). The highest BCUT2D eigenvalue weighted by atomic mass is 16.1. The minimum Gasteiger partial charge on any atom is -0.388 e. The molecule has 4 nitrogen and oxygen atoms in total. The third-order valence-corrected chi connectivity index (χ3v) is 3.01. The minimum atomic E-state index is -0.115. The number of hydrogen-bond donors (Lipinski definition) is 2. The topological polar surface area (TPSA) is 54.0 Å². The van der Waals surface area contributed by atoms with Gasteiger partial charge in [0.2, 0.25) is 0 Å². The van der Waals surface area contributed by atoms with Gasteiger partial charge in [0.1, 0.15) is 0 Å². The Labute approximate surface area is 112 Å². The number of amides is 1. The SMILES string of the molecule is CNc1ccc(C(=O)Nc2cccnc2C)c(C)c1. The van der Waals surface area contributed by atoms with Crippen LogP contribution in [0.4, 0.5) is 11.4 Å². The Kier molecular flexibility index (Phi) is 3.80. The van der Waals surface area contributed by atoms with Gasteiger partial charge in [-0.25, -0.2) is 0 Å². The van der Waals surface area contributed by atoms with E-state index in [1.165, 1.54) is 0 Å². The van der Waals surface area contributed by atoms with E-state index in [0.717, 1.165) is 22.6 Å². The summed E-state index contributed by atoms with van der Waals surface area (Å²) in [5, 5.41) is 5.93. The standard InChI is InChI=1S/C15H17N3O/c1-10-9-12(16-3)6-7-13(10)15(19)18-14-5-4-8-17-11(14)2/h4-9,16H,1-3H3,(H,18,19). The molecule has 0 radical (unpaired) electrons. The molecule has 19 heavy (non-hydrogen) atoms. The van der Waals surface area contributed by atoms with Crippen molar-refractivity contribution < 1.29 is 4.79 Å². The van der Waals surface area contributed by atoms with Gasteiger partial charge >= 0.3 is 0 Å². The summed E-state index contributed by atoms with van der Waals surface area (Å²) in [4.78, 5) is 16.4. The summed E-state index contributed by atoms with van der Waals surface area (Å²) in [6.07, 6.45) is 1.71. The van der Waals surface area contributed by atoms with Crippen LogP contribution >= 0.6 is 0 Å². The second kappa shape index (κ2) is 5.52. The molecular formula is C15H17N3O. The van der Waals surface area contributed by atoms with Crippen molar-refractivity contribution >= 4 is 17.3 Å². The van der Waals surface area contributed by atoms with E-state index in [1.54, 1.807) is 12.3 Å². The molecule has 1 heterocycles. The lowest BCUT2D eigenvalue weighted by atomic mass is 10.1. The number of carbonyl (C=O) groups is 1. The Hall–Kier alpha value is -2.36. The second-order valence-corrected chi connectivity index (χ2v) is 4.37. The van der Waals surface area contributed by atoms with Gasteiger partial charge in [-0.15, -0.1) is 0 Å². The Balaban J connectivity index is 2.23. The van der Waals surface area contributed by atoms with E-state index in [0.29, 0.717) is 5.56 Å². The molecule has 98 valence electrons. The number of anilines is 2. The smallest absolute Gasteiger partial charge is 0.255 e. The lowest BCUT2D eigenvalue weighted by Gasteiger charge is -2.10. The molecule has 0 saturated heterocycles. The Bertz CT molecular complexity index is 608. The molecule has 0 aliphatic carbocycles. The van der Waals surface area contributed by atoms with Crippen LogP contribution in [0.5, 0.6) is 0 Å². The second-order valence-electron chi connectivity index (χ2n) is 4.37. The van der Waals surface area contributed by atoms with Crippen molar-refractivity contribution in [2.45, 2.75) is 13.8 Å². The van der Waals surface area contributed by atoms with E-state index in [4.69, 9.17) is 0 Å². The molecule has 1 amide bonds. The highest BCUT2D eigenvalue weighted by molar-refractivity contribution is 6.05. The van der Waals surface area contributed by atoms with Crippen LogP contribution in [0.3, 0.4) is 0 Å². The number of pyridine rings is 1. The molecule has 0 saturated carbocycles. The lowest BCUT2D eigenvalue weighted by molar-refractivity contribution is 0.102. The summed E-state index contributed by atoms with van der Waals surface area (Å²) < 4.78 is 0. The third-order valence-electron chi connectivity index (χ3n) is 3.01. The maximum Gasteiger partial charge on any atom is 0.255 e. The van der Waals surface area contributed by atoms with Gasteiger partial charge in [-0.05, 0) is 49.7 Å². The van der Waals surface area contributed by atoms with Gasteiger partial charge in [0.25, 0.3) is 5.91 Å². The van der Waals surface area contributed by atoms with Gasteiger partial charge in [0.05, 0.1) is 11.4 Å². The van der Waals surface area contributed by atoms with E-state index in [-0.39, 0.29) is 5.91 Å². The summed E-state index contributed by atoms with van der Waals surface area (Å²) in [7, 11) is 1.85. The van der Waals surface area contributed by atoms with Crippen LogP contribution < -0.4 is 10.6 Å². The molecule has 1 aromatic heterocycles. The molecule has 2 N–H and O–H groups in total. The zero-order valence-corrected chi connectivity index (χ0v) is 11.3. The van der Waals surface area contributed by atoms with Crippen LogP contribution in [0.15, 0.2) is 36.5 Å². The van der Waals surface area contributed by atoms with Gasteiger partial charge < -0.3 is 10.6 Å². The van der Waals surface area contributed by atoms with E-state index in [1.807, 2.05) is 45.2 Å². The maximum atomic E-state index is 12.2. The van der Waals surface area contributed by atoms with Gasteiger partial charge in [0, 0.05) is 24.5 Å². The molecule has 0 bridgehead atoms. The van der Waals surface area contributed by atoms with E-state index < -0.39 is 0 Å². The highest BCUT2D eigenvalue weighted by Gasteiger charge is 2.10. The van der Waals surface area contributed by atoms with Crippen molar-refractivity contribution in [2.75, 3.05) is 17.7 Å². The quantitative estimate of drug-likeness (QED) is 0.886. The number of aryl methyl sites for hydroxylation is 2. The normalized spacial score (nSPS) is 10.1. The zero-order valence-electron chi connectivity index (χ0n) is 11.3. The van der Waals surface area contributed by atoms with Crippen LogP contribution in [-0.2, 0) is 0 Å². The predicted octanol–water partition coefficient (Wildman–Crippen LogP) is 2.99. The summed E-state index contributed by atoms with van der Waals surface area (Å²) >= 11 is 0. The van der Waals surface area contributed by atoms with Crippen LogP contribution in [0.25, 0.3) is 0 Å². The first-order chi connectivity index (χ1) is 9.11. The summed E-state index contributed by atoms with van der Waals surface area (Å²) in [5.74, 6) is -0.115. The van der Waals surface area contributed by atoms with Crippen molar-refractivity contribution in [2.24, 2.45) is 0 Å². The molecule has 2 aromatic rings. The first kappa shape index (κ1) is 13.1. The van der Waals surface area contributed by atoms with Crippen molar-refractivity contribution in [3.63, 3.8) is 0 Å². The average molecular weight is 255 g/mol. The van der Waals surface area contributed by atoms with Crippen LogP contribution in [0, 0.1) is 13.8 Å². The van der Waals surface area contributed by atoms with E-state index in [9.17, 15) is 4.79 Å². The first-order valence-electron chi connectivity index (χ1n) is 6.13. The molecule has 0 atom stereocenters. The van der Waals surface area contributed by atoms with Gasteiger partial charge in [-0.2, -0.15) is 0 Å². The summed E-state index contributed by atoms with van der Waals surface area (Å²) in [5.41, 5.74) is 4.14. The first-order valence-corrected chi connectivity index (χ1v) is 6.13. The van der Waals surface area contributed by atoms with Crippen molar-refractivity contribution in [1.82, 2.24) is 4.98 Å². The number of rotatable bonds is 3. The number of nitrogens with one attached hydrogen (secondary N) is 2. The Morgan fingerprint density at radius 3 is 2.63 bits per heavy atom. The molecule has 0 unspecified atom stereocenters. The summed E-state index contributed by atoms with van der Waals surface area (Å²) in [6, 6.07) is 9.31. The fourth-order valence-electron chi connectivity index (χ4n) is 1.88. The molecular weight excluding hydrogens is 238 g/mol. The Morgan fingerprint density at radius 1 is 1.21 bits per heavy atom.